The van der Waals surface area contributed by atoms with Crippen molar-refractivity contribution in [2.75, 3.05) is 6.61 Å². The second kappa shape index (κ2) is 6.63. The number of nitrogens with one attached hydrogen (secondary N) is 1. The van der Waals surface area contributed by atoms with E-state index >= 15 is 0 Å². The van der Waals surface area contributed by atoms with E-state index in [0.29, 0.717) is 19.4 Å². The van der Waals surface area contributed by atoms with Gasteiger partial charge in [-0.1, -0.05) is 6.08 Å². The van der Waals surface area contributed by atoms with Crippen molar-refractivity contribution in [2.45, 2.75) is 59.4 Å². The van der Waals surface area contributed by atoms with Gasteiger partial charge in [0.25, 0.3) is 0 Å². The summed E-state index contributed by atoms with van der Waals surface area (Å²) in [6.07, 6.45) is 4.08. The maximum atomic E-state index is 12.8. The fourth-order valence-corrected chi connectivity index (χ4v) is 3.04. The highest BCUT2D eigenvalue weighted by atomic mass is 16.5. The molecule has 1 N–H and O–H groups in total. The Bertz CT molecular complexity index is 411. The summed E-state index contributed by atoms with van der Waals surface area (Å²) < 4.78 is 5.18. The molecule has 0 spiro atoms. The van der Waals surface area contributed by atoms with E-state index in [1.54, 1.807) is 6.92 Å². The Morgan fingerprint density at radius 3 is 2.48 bits per heavy atom. The van der Waals surface area contributed by atoms with Crippen LogP contribution in [-0.2, 0) is 14.3 Å². The van der Waals surface area contributed by atoms with Gasteiger partial charge in [0.05, 0.1) is 17.9 Å². The zero-order valence-electron chi connectivity index (χ0n) is 14.0. The molecule has 1 fully saturated rings. The van der Waals surface area contributed by atoms with Crippen LogP contribution in [0.25, 0.3) is 0 Å². The average Bonchev–Trinajstić information content (AvgIpc) is 2.36. The van der Waals surface area contributed by atoms with E-state index in [1.807, 2.05) is 33.8 Å². The molecule has 1 rings (SSSR count). The van der Waals surface area contributed by atoms with Gasteiger partial charge in [-0.3, -0.25) is 9.59 Å². The summed E-state index contributed by atoms with van der Waals surface area (Å²) in [5.74, 6) is -0.437. The Morgan fingerprint density at radius 1 is 1.38 bits per heavy atom. The second-order valence-electron chi connectivity index (χ2n) is 7.20. The fourth-order valence-electron chi connectivity index (χ4n) is 3.04. The molecule has 0 saturated heterocycles. The summed E-state index contributed by atoms with van der Waals surface area (Å²) >= 11 is 0. The Morgan fingerprint density at radius 2 is 2.00 bits per heavy atom. The second-order valence-corrected chi connectivity index (χ2v) is 7.20. The first-order valence-electron chi connectivity index (χ1n) is 7.76. The topological polar surface area (TPSA) is 55.4 Å². The summed E-state index contributed by atoms with van der Waals surface area (Å²) in [6, 6.07) is 0. The van der Waals surface area contributed by atoms with Crippen LogP contribution < -0.4 is 5.32 Å². The van der Waals surface area contributed by atoms with Gasteiger partial charge in [-0.15, -0.1) is 6.58 Å². The van der Waals surface area contributed by atoms with Crippen LogP contribution in [0.4, 0.5) is 0 Å². The molecule has 1 aliphatic carbocycles. The van der Waals surface area contributed by atoms with Crippen LogP contribution in [-0.4, -0.2) is 24.0 Å². The zero-order chi connectivity index (χ0) is 16.3. The Kier molecular flexibility index (Phi) is 5.60. The van der Waals surface area contributed by atoms with Gasteiger partial charge in [0.2, 0.25) is 5.91 Å². The van der Waals surface area contributed by atoms with Crippen molar-refractivity contribution in [3.63, 3.8) is 0 Å². The molecule has 3 atom stereocenters. The summed E-state index contributed by atoms with van der Waals surface area (Å²) in [7, 11) is 0. The number of carbonyl (C=O) groups excluding carboxylic acids is 2. The quantitative estimate of drug-likeness (QED) is 0.640. The number of carbonyl (C=O) groups is 2. The summed E-state index contributed by atoms with van der Waals surface area (Å²) in [6.45, 7) is 13.7. The number of allylic oxidation sites excluding steroid dienone is 1. The lowest BCUT2D eigenvalue weighted by molar-refractivity contribution is -0.161. The van der Waals surface area contributed by atoms with Crippen molar-refractivity contribution >= 4 is 11.9 Å². The highest BCUT2D eigenvalue weighted by molar-refractivity contribution is 5.89. The van der Waals surface area contributed by atoms with Gasteiger partial charge >= 0.3 is 5.97 Å². The largest absolute Gasteiger partial charge is 0.466 e. The van der Waals surface area contributed by atoms with E-state index in [4.69, 9.17) is 4.74 Å². The molecule has 4 nitrogen and oxygen atoms in total. The Labute approximate surface area is 128 Å². The van der Waals surface area contributed by atoms with Crippen LogP contribution >= 0.6 is 0 Å². The molecular formula is C17H29NO3. The molecule has 0 aromatic carbocycles. The molecule has 21 heavy (non-hydrogen) atoms. The van der Waals surface area contributed by atoms with Crippen molar-refractivity contribution in [3.8, 4) is 0 Å². The number of hydrogen-bond donors (Lipinski definition) is 1. The van der Waals surface area contributed by atoms with Crippen LogP contribution in [0.1, 0.15) is 53.9 Å². The van der Waals surface area contributed by atoms with Gasteiger partial charge in [0.1, 0.15) is 0 Å². The lowest BCUT2D eigenvalue weighted by Crippen LogP contribution is -2.54. The van der Waals surface area contributed by atoms with Gasteiger partial charge in [0, 0.05) is 5.54 Å². The number of rotatable bonds is 4. The third kappa shape index (κ3) is 4.32. The Hall–Kier alpha value is -1.32. The molecule has 0 unspecified atom stereocenters. The number of amides is 1. The van der Waals surface area contributed by atoms with Crippen molar-refractivity contribution < 1.29 is 14.3 Å². The van der Waals surface area contributed by atoms with E-state index < -0.39 is 5.41 Å². The normalized spacial score (nSPS) is 29.6. The first-order chi connectivity index (χ1) is 9.64. The van der Waals surface area contributed by atoms with E-state index in [1.165, 1.54) is 0 Å². The van der Waals surface area contributed by atoms with E-state index in [0.717, 1.165) is 6.42 Å². The minimum absolute atomic E-state index is 0.0698. The van der Waals surface area contributed by atoms with Gasteiger partial charge < -0.3 is 10.1 Å². The molecule has 4 heteroatoms. The maximum absolute atomic E-state index is 12.8. The zero-order valence-corrected chi connectivity index (χ0v) is 14.0. The summed E-state index contributed by atoms with van der Waals surface area (Å²) in [5.41, 5.74) is -1.06. The van der Waals surface area contributed by atoms with Crippen LogP contribution in [0.3, 0.4) is 0 Å². The van der Waals surface area contributed by atoms with Crippen LogP contribution in [0.5, 0.6) is 0 Å². The molecule has 0 aliphatic heterocycles. The van der Waals surface area contributed by atoms with Crippen molar-refractivity contribution in [1.82, 2.24) is 5.32 Å². The predicted octanol–water partition coefficient (Wildman–Crippen LogP) is 3.07. The molecule has 1 aliphatic rings. The molecule has 0 bridgehead atoms. The molecule has 120 valence electrons. The van der Waals surface area contributed by atoms with E-state index in [2.05, 4.69) is 11.9 Å². The average molecular weight is 295 g/mol. The number of ether oxygens (including phenoxy) is 1. The van der Waals surface area contributed by atoms with Crippen molar-refractivity contribution in [2.24, 2.45) is 17.3 Å². The van der Waals surface area contributed by atoms with E-state index in [-0.39, 0.29) is 29.3 Å². The molecule has 1 saturated carbocycles. The molecular weight excluding hydrogens is 266 g/mol. The van der Waals surface area contributed by atoms with Gasteiger partial charge in [-0.05, 0) is 59.8 Å². The first-order valence-corrected chi connectivity index (χ1v) is 7.76. The van der Waals surface area contributed by atoms with Crippen molar-refractivity contribution in [3.05, 3.63) is 12.7 Å². The third-order valence-electron chi connectivity index (χ3n) is 4.19. The first kappa shape index (κ1) is 17.7. The highest BCUT2D eigenvalue weighted by Crippen LogP contribution is 2.45. The lowest BCUT2D eigenvalue weighted by atomic mass is 9.63. The third-order valence-corrected chi connectivity index (χ3v) is 4.19. The molecule has 0 heterocycles. The molecule has 0 radical (unpaired) electrons. The van der Waals surface area contributed by atoms with E-state index in [9.17, 15) is 9.59 Å². The van der Waals surface area contributed by atoms with Gasteiger partial charge in [-0.2, -0.15) is 0 Å². The number of esters is 1. The predicted molar refractivity (Wildman–Crippen MR) is 83.7 cm³/mol. The van der Waals surface area contributed by atoms with Crippen LogP contribution in [0.15, 0.2) is 12.7 Å². The summed E-state index contributed by atoms with van der Waals surface area (Å²) in [4.78, 5) is 25.0. The molecule has 0 aromatic heterocycles. The minimum atomic E-state index is -0.739. The fraction of sp³-hybridized carbons (Fsp3) is 0.765. The van der Waals surface area contributed by atoms with Gasteiger partial charge in [0.15, 0.2) is 0 Å². The standard InChI is InChI=1S/C17H29NO3/c1-7-12-9-10-13(14(19)21-8-2)17(6,11-12)15(20)18-16(3,4)5/h7,12-13H,1,8-11H2,2-6H3,(H,18,20)/t12-,13+,17+/m1/s1. The van der Waals surface area contributed by atoms with Crippen molar-refractivity contribution in [1.29, 1.82) is 0 Å². The van der Waals surface area contributed by atoms with Crippen LogP contribution in [0.2, 0.25) is 0 Å². The lowest BCUT2D eigenvalue weighted by Gasteiger charge is -2.42. The monoisotopic (exact) mass is 295 g/mol. The molecule has 0 aromatic rings. The minimum Gasteiger partial charge on any atom is -0.466 e. The van der Waals surface area contributed by atoms with Crippen LogP contribution in [0, 0.1) is 17.3 Å². The van der Waals surface area contributed by atoms with Gasteiger partial charge in [-0.25, -0.2) is 0 Å². The summed E-state index contributed by atoms with van der Waals surface area (Å²) in [5, 5.41) is 3.02. The Balaban J connectivity index is 3.03. The highest BCUT2D eigenvalue weighted by Gasteiger charge is 2.49. The molecule has 1 amide bonds. The number of hydrogen-bond acceptors (Lipinski definition) is 3. The smallest absolute Gasteiger partial charge is 0.310 e. The maximum Gasteiger partial charge on any atom is 0.310 e. The SMILES string of the molecule is C=C[C@@H]1CC[C@@H](C(=O)OCC)[C@@](C)(C(=O)NC(C)(C)C)C1.